The Hall–Kier alpha value is -1.89. The molecule has 0 saturated carbocycles. The molecule has 2 rings (SSSR count). The first-order valence-corrected chi connectivity index (χ1v) is 3.09. The lowest BCUT2D eigenvalue weighted by molar-refractivity contribution is 1.09. The molecule has 0 spiro atoms. The Morgan fingerprint density at radius 1 is 1.55 bits per heavy atom. The van der Waals surface area contributed by atoms with E-state index >= 15 is 0 Å². The van der Waals surface area contributed by atoms with Crippen molar-refractivity contribution in [3.8, 4) is 6.19 Å². The third-order valence-corrected chi connectivity index (χ3v) is 1.46. The summed E-state index contributed by atoms with van der Waals surface area (Å²) in [6.45, 7) is 0. The summed E-state index contributed by atoms with van der Waals surface area (Å²) in [7, 11) is 0. The molecule has 4 nitrogen and oxygen atoms in total. The van der Waals surface area contributed by atoms with E-state index < -0.39 is 0 Å². The molecule has 11 heavy (non-hydrogen) atoms. The third-order valence-electron chi connectivity index (χ3n) is 1.46. The van der Waals surface area contributed by atoms with Crippen LogP contribution in [0.3, 0.4) is 0 Å². The Labute approximate surface area is 62.7 Å². The molecule has 4 heteroatoms. The number of rotatable bonds is 0. The summed E-state index contributed by atoms with van der Waals surface area (Å²) < 4.78 is 1.40. The minimum absolute atomic E-state index is 0.655. The van der Waals surface area contributed by atoms with Crippen LogP contribution in [-0.2, 0) is 0 Å². The fraction of sp³-hybridized carbons (Fsp3) is 0. The first-order chi connectivity index (χ1) is 5.42. The molecule has 0 atom stereocenters. The minimum atomic E-state index is 0.655. The van der Waals surface area contributed by atoms with Crippen LogP contribution in [0.25, 0.3) is 11.0 Å². The Kier molecular flexibility index (Phi) is 1.10. The second-order valence-corrected chi connectivity index (χ2v) is 2.09. The van der Waals surface area contributed by atoms with Gasteiger partial charge in [0.25, 0.3) is 0 Å². The highest BCUT2D eigenvalue weighted by atomic mass is 15.0. The second-order valence-electron chi connectivity index (χ2n) is 2.09. The maximum Gasteiger partial charge on any atom is 0.190 e. The molecule has 2 aromatic rings. The van der Waals surface area contributed by atoms with Crippen LogP contribution in [0.15, 0.2) is 24.8 Å². The lowest BCUT2D eigenvalue weighted by Crippen LogP contribution is -1.87. The van der Waals surface area contributed by atoms with Crippen LogP contribution in [0.1, 0.15) is 0 Å². The van der Waals surface area contributed by atoms with Crippen LogP contribution in [0.4, 0.5) is 0 Å². The maximum atomic E-state index is 8.58. The summed E-state index contributed by atoms with van der Waals surface area (Å²) in [5.41, 5.74) is 0.655. The van der Waals surface area contributed by atoms with Crippen molar-refractivity contribution >= 4 is 11.0 Å². The van der Waals surface area contributed by atoms with Gasteiger partial charge in [-0.2, -0.15) is 5.26 Å². The van der Waals surface area contributed by atoms with E-state index in [1.165, 1.54) is 10.9 Å². The normalized spacial score (nSPS) is 9.73. The molecule has 2 heterocycles. The number of nitriles is 1. The lowest BCUT2D eigenvalue weighted by Gasteiger charge is -1.87. The summed E-state index contributed by atoms with van der Waals surface area (Å²) in [6, 6.07) is 1.80. The molecule has 0 N–H and O–H groups in total. The van der Waals surface area contributed by atoms with Crippen LogP contribution in [0.2, 0.25) is 0 Å². The van der Waals surface area contributed by atoms with E-state index in [1.807, 2.05) is 6.19 Å². The maximum absolute atomic E-state index is 8.58. The number of nitrogens with zero attached hydrogens (tertiary/aromatic N) is 4. The van der Waals surface area contributed by atoms with Crippen molar-refractivity contribution in [1.82, 2.24) is 14.5 Å². The van der Waals surface area contributed by atoms with E-state index in [2.05, 4.69) is 9.97 Å². The van der Waals surface area contributed by atoms with Crippen molar-refractivity contribution in [1.29, 1.82) is 5.26 Å². The Balaban J connectivity index is 2.89. The van der Waals surface area contributed by atoms with Crippen LogP contribution < -0.4 is 0 Å². The summed E-state index contributed by atoms with van der Waals surface area (Å²) in [5.74, 6) is 0. The van der Waals surface area contributed by atoms with Gasteiger partial charge in [-0.15, -0.1) is 0 Å². The Morgan fingerprint density at radius 2 is 2.45 bits per heavy atom. The topological polar surface area (TPSA) is 54.5 Å². The smallest absolute Gasteiger partial charge is 0.190 e. The molecule has 0 aromatic carbocycles. The van der Waals surface area contributed by atoms with Gasteiger partial charge in [0.15, 0.2) is 11.8 Å². The van der Waals surface area contributed by atoms with Gasteiger partial charge in [0.1, 0.15) is 6.33 Å². The van der Waals surface area contributed by atoms with Crippen molar-refractivity contribution in [2.45, 2.75) is 0 Å². The summed E-state index contributed by atoms with van der Waals surface area (Å²) in [4.78, 5) is 7.77. The molecule has 0 bridgehead atoms. The molecule has 0 aliphatic carbocycles. The van der Waals surface area contributed by atoms with Crippen molar-refractivity contribution in [2.75, 3.05) is 0 Å². The van der Waals surface area contributed by atoms with Gasteiger partial charge in [0.05, 0.1) is 0 Å². The molecule has 0 aliphatic rings. The van der Waals surface area contributed by atoms with Gasteiger partial charge in [-0.25, -0.2) is 14.5 Å². The fourth-order valence-corrected chi connectivity index (χ4v) is 0.959. The van der Waals surface area contributed by atoms with Gasteiger partial charge >= 0.3 is 0 Å². The zero-order chi connectivity index (χ0) is 7.68. The summed E-state index contributed by atoms with van der Waals surface area (Å²) in [5, 5.41) is 9.46. The van der Waals surface area contributed by atoms with E-state index in [1.54, 1.807) is 18.5 Å². The zero-order valence-corrected chi connectivity index (χ0v) is 5.60. The van der Waals surface area contributed by atoms with Gasteiger partial charge in [-0.05, 0) is 6.07 Å². The Morgan fingerprint density at radius 3 is 3.27 bits per heavy atom. The molecule has 0 radical (unpaired) electrons. The molecule has 2 aromatic heterocycles. The van der Waals surface area contributed by atoms with Gasteiger partial charge in [0.2, 0.25) is 0 Å². The highest BCUT2D eigenvalue weighted by molar-refractivity contribution is 5.75. The quantitative estimate of drug-likeness (QED) is 0.548. The zero-order valence-electron chi connectivity index (χ0n) is 5.60. The number of hydrogen-bond acceptors (Lipinski definition) is 3. The number of hydrogen-bond donors (Lipinski definition) is 0. The van der Waals surface area contributed by atoms with Crippen LogP contribution >= 0.6 is 0 Å². The fourth-order valence-electron chi connectivity index (χ4n) is 0.959. The molecule has 52 valence electrons. The predicted molar refractivity (Wildman–Crippen MR) is 38.5 cm³/mol. The van der Waals surface area contributed by atoms with E-state index in [-0.39, 0.29) is 0 Å². The monoisotopic (exact) mass is 144 g/mol. The number of aromatic nitrogens is 3. The van der Waals surface area contributed by atoms with Gasteiger partial charge in [0, 0.05) is 17.8 Å². The largest absolute Gasteiger partial charge is 0.244 e. The van der Waals surface area contributed by atoms with Gasteiger partial charge < -0.3 is 0 Å². The van der Waals surface area contributed by atoms with Crippen molar-refractivity contribution in [3.05, 3.63) is 24.8 Å². The van der Waals surface area contributed by atoms with Crippen LogP contribution in [-0.4, -0.2) is 14.5 Å². The Bertz CT molecular complexity index is 423. The summed E-state index contributed by atoms with van der Waals surface area (Å²) >= 11 is 0. The van der Waals surface area contributed by atoms with Gasteiger partial charge in [-0.3, -0.25) is 0 Å². The van der Waals surface area contributed by atoms with Crippen molar-refractivity contribution in [2.24, 2.45) is 0 Å². The van der Waals surface area contributed by atoms with Crippen LogP contribution in [0.5, 0.6) is 0 Å². The minimum Gasteiger partial charge on any atom is -0.244 e. The number of fused-ring (bicyclic) bond motifs is 1. The van der Waals surface area contributed by atoms with Crippen molar-refractivity contribution < 1.29 is 0 Å². The molecule has 0 saturated heterocycles. The molecule has 0 amide bonds. The van der Waals surface area contributed by atoms with E-state index in [0.29, 0.717) is 5.65 Å². The molecular weight excluding hydrogens is 140 g/mol. The van der Waals surface area contributed by atoms with E-state index in [4.69, 9.17) is 5.26 Å². The van der Waals surface area contributed by atoms with Crippen LogP contribution in [0, 0.1) is 11.5 Å². The SMILES string of the molecule is N#Cn1ccc2cncnc21. The van der Waals surface area contributed by atoms with E-state index in [0.717, 1.165) is 5.39 Å². The summed E-state index contributed by atoms with van der Waals surface area (Å²) in [6.07, 6.45) is 6.75. The van der Waals surface area contributed by atoms with E-state index in [9.17, 15) is 0 Å². The highest BCUT2D eigenvalue weighted by Gasteiger charge is 1.98. The average molecular weight is 144 g/mol. The molecular formula is C7H4N4. The average Bonchev–Trinajstić information content (AvgIpc) is 2.47. The molecule has 0 aliphatic heterocycles. The lowest BCUT2D eigenvalue weighted by atomic mass is 10.4. The third kappa shape index (κ3) is 0.749. The molecule has 0 unspecified atom stereocenters. The predicted octanol–water partition coefficient (Wildman–Crippen LogP) is 0.760. The van der Waals surface area contributed by atoms with Gasteiger partial charge in [-0.1, -0.05) is 0 Å². The second kappa shape index (κ2) is 2.06. The highest BCUT2D eigenvalue weighted by Crippen LogP contribution is 2.08. The first-order valence-electron chi connectivity index (χ1n) is 3.09. The van der Waals surface area contributed by atoms with Crippen molar-refractivity contribution in [3.63, 3.8) is 0 Å². The standard InChI is InChI=1S/C7H4N4/c8-4-11-2-1-6-3-9-5-10-7(6)11/h1-3,5H. The molecule has 0 fully saturated rings. The first kappa shape index (κ1) is 5.86.